The van der Waals surface area contributed by atoms with Crippen molar-refractivity contribution in [1.29, 1.82) is 0 Å². The van der Waals surface area contributed by atoms with Gasteiger partial charge in [0.15, 0.2) is 0 Å². The summed E-state index contributed by atoms with van der Waals surface area (Å²) in [6, 6.07) is 8.41. The van der Waals surface area contributed by atoms with Crippen LogP contribution in [0.2, 0.25) is 0 Å². The number of rotatable bonds is 4. The molecule has 1 aliphatic rings. The molecule has 0 amide bonds. The van der Waals surface area contributed by atoms with Gasteiger partial charge in [0.1, 0.15) is 5.75 Å². The van der Waals surface area contributed by atoms with Crippen LogP contribution < -0.4 is 4.74 Å². The molecule has 3 heteroatoms. The van der Waals surface area contributed by atoms with Gasteiger partial charge in [-0.3, -0.25) is 0 Å². The van der Waals surface area contributed by atoms with Crippen molar-refractivity contribution in [3.63, 3.8) is 0 Å². The lowest BCUT2D eigenvalue weighted by atomic mass is 10.2. The highest BCUT2D eigenvalue weighted by molar-refractivity contribution is 9.12. The van der Waals surface area contributed by atoms with Crippen LogP contribution in [0.15, 0.2) is 24.3 Å². The molecule has 2 rings (SSSR count). The van der Waals surface area contributed by atoms with Gasteiger partial charge >= 0.3 is 0 Å². The summed E-state index contributed by atoms with van der Waals surface area (Å²) in [6.07, 6.45) is 5.50. The molecule has 0 radical (unpaired) electrons. The molecule has 0 bridgehead atoms. The Hall–Kier alpha value is -0.0200. The fourth-order valence-corrected chi connectivity index (χ4v) is 2.72. The highest BCUT2D eigenvalue weighted by Crippen LogP contribution is 2.28. The van der Waals surface area contributed by atoms with Gasteiger partial charge in [-0.2, -0.15) is 0 Å². The van der Waals surface area contributed by atoms with E-state index in [0.717, 1.165) is 11.1 Å². The van der Waals surface area contributed by atoms with Gasteiger partial charge in [0.25, 0.3) is 0 Å². The second-order valence-corrected chi connectivity index (χ2v) is 5.97. The maximum Gasteiger partial charge on any atom is 0.119 e. The summed E-state index contributed by atoms with van der Waals surface area (Å²) >= 11 is 7.07. The molecule has 1 saturated carbocycles. The quantitative estimate of drug-likeness (QED) is 0.708. The molecule has 16 heavy (non-hydrogen) atoms. The molecule has 88 valence electrons. The Morgan fingerprint density at radius 2 is 1.81 bits per heavy atom. The van der Waals surface area contributed by atoms with E-state index in [2.05, 4.69) is 56.1 Å². The second-order valence-electron chi connectivity index (χ2n) is 4.22. The summed E-state index contributed by atoms with van der Waals surface area (Å²) in [5.41, 5.74) is 1.29. The topological polar surface area (TPSA) is 9.23 Å². The van der Waals surface area contributed by atoms with E-state index in [0.29, 0.717) is 10.9 Å². The van der Waals surface area contributed by atoms with Crippen molar-refractivity contribution < 1.29 is 4.74 Å². The third kappa shape index (κ3) is 3.24. The van der Waals surface area contributed by atoms with Crippen LogP contribution in [0.1, 0.15) is 36.1 Å². The highest BCUT2D eigenvalue weighted by atomic mass is 79.9. The van der Waals surface area contributed by atoms with Crippen molar-refractivity contribution in [2.45, 2.75) is 36.6 Å². The zero-order chi connectivity index (χ0) is 11.4. The lowest BCUT2D eigenvalue weighted by molar-refractivity contribution is 0.210. The smallest absolute Gasteiger partial charge is 0.119 e. The molecule has 0 aromatic heterocycles. The first-order chi connectivity index (χ1) is 7.79. The van der Waals surface area contributed by atoms with Crippen LogP contribution in [0.25, 0.3) is 0 Å². The van der Waals surface area contributed by atoms with E-state index in [1.807, 2.05) is 0 Å². The van der Waals surface area contributed by atoms with Crippen LogP contribution >= 0.6 is 31.9 Å². The van der Waals surface area contributed by atoms with Gasteiger partial charge in [-0.05, 0) is 43.4 Å². The predicted octanol–water partition coefficient (Wildman–Crippen LogP) is 4.84. The van der Waals surface area contributed by atoms with Gasteiger partial charge < -0.3 is 4.74 Å². The van der Waals surface area contributed by atoms with Crippen molar-refractivity contribution >= 4 is 31.9 Å². The third-order valence-corrected chi connectivity index (χ3v) is 5.35. The molecule has 1 aromatic rings. The Morgan fingerprint density at radius 3 is 2.38 bits per heavy atom. The maximum absolute atomic E-state index is 5.92. The summed E-state index contributed by atoms with van der Waals surface area (Å²) < 4.78 is 5.92. The molecular weight excluding hydrogens is 332 g/mol. The number of alkyl halides is 2. The largest absolute Gasteiger partial charge is 0.490 e. The number of halogens is 2. The van der Waals surface area contributed by atoms with Crippen molar-refractivity contribution in [3.8, 4) is 5.75 Å². The number of benzene rings is 1. The van der Waals surface area contributed by atoms with E-state index < -0.39 is 0 Å². The van der Waals surface area contributed by atoms with Crippen molar-refractivity contribution in [2.24, 2.45) is 0 Å². The summed E-state index contributed by atoms with van der Waals surface area (Å²) in [5.74, 6) is 1.00. The normalized spacial score (nSPS) is 18.6. The Kier molecular flexibility index (Phi) is 4.71. The van der Waals surface area contributed by atoms with Crippen LogP contribution in [0.3, 0.4) is 0 Å². The van der Waals surface area contributed by atoms with Gasteiger partial charge in [-0.15, -0.1) is 0 Å². The standard InChI is InChI=1S/C13H16Br2O/c14-9-13(15)10-5-7-12(8-6-10)16-11-3-1-2-4-11/h5-8,11,13H,1-4,9H2. The molecule has 1 aliphatic carbocycles. The van der Waals surface area contributed by atoms with Gasteiger partial charge in [-0.25, -0.2) is 0 Å². The SMILES string of the molecule is BrCC(Br)c1ccc(OC2CCCC2)cc1. The number of hydrogen-bond acceptors (Lipinski definition) is 1. The zero-order valence-corrected chi connectivity index (χ0v) is 12.3. The zero-order valence-electron chi connectivity index (χ0n) is 9.16. The van der Waals surface area contributed by atoms with Gasteiger partial charge in [0.2, 0.25) is 0 Å². The Labute approximate surface area is 114 Å². The number of ether oxygens (including phenoxy) is 1. The Morgan fingerprint density at radius 1 is 1.19 bits per heavy atom. The average Bonchev–Trinajstić information content (AvgIpc) is 2.82. The van der Waals surface area contributed by atoms with Gasteiger partial charge in [-0.1, -0.05) is 44.0 Å². The van der Waals surface area contributed by atoms with E-state index in [4.69, 9.17) is 4.74 Å². The molecule has 1 fully saturated rings. The average molecular weight is 348 g/mol. The van der Waals surface area contributed by atoms with Crippen molar-refractivity contribution in [1.82, 2.24) is 0 Å². The molecule has 0 N–H and O–H groups in total. The summed E-state index contributed by atoms with van der Waals surface area (Å²) in [5, 5.41) is 0.926. The molecule has 1 atom stereocenters. The van der Waals surface area contributed by atoms with Crippen LogP contribution in [0.4, 0.5) is 0 Å². The maximum atomic E-state index is 5.92. The van der Waals surface area contributed by atoms with Crippen LogP contribution in [-0.4, -0.2) is 11.4 Å². The molecule has 1 nitrogen and oxygen atoms in total. The highest BCUT2D eigenvalue weighted by Gasteiger charge is 2.16. The second kappa shape index (κ2) is 6.06. The van der Waals surface area contributed by atoms with E-state index in [1.54, 1.807) is 0 Å². The third-order valence-electron chi connectivity index (χ3n) is 2.98. The molecule has 0 heterocycles. The molecule has 1 aromatic carbocycles. The van der Waals surface area contributed by atoms with Crippen molar-refractivity contribution in [2.75, 3.05) is 5.33 Å². The van der Waals surface area contributed by atoms with Crippen LogP contribution in [0.5, 0.6) is 5.75 Å². The van der Waals surface area contributed by atoms with E-state index in [1.165, 1.54) is 31.2 Å². The summed E-state index contributed by atoms with van der Waals surface area (Å²) in [6.45, 7) is 0. The Balaban J connectivity index is 1.96. The van der Waals surface area contributed by atoms with Crippen LogP contribution in [-0.2, 0) is 0 Å². The molecule has 0 saturated heterocycles. The lowest BCUT2D eigenvalue weighted by Crippen LogP contribution is -2.10. The van der Waals surface area contributed by atoms with E-state index in [9.17, 15) is 0 Å². The van der Waals surface area contributed by atoms with Crippen molar-refractivity contribution in [3.05, 3.63) is 29.8 Å². The van der Waals surface area contributed by atoms with Crippen LogP contribution in [0, 0.1) is 0 Å². The summed E-state index contributed by atoms with van der Waals surface area (Å²) in [4.78, 5) is 0.382. The minimum Gasteiger partial charge on any atom is -0.490 e. The Bertz CT molecular complexity index is 317. The van der Waals surface area contributed by atoms with Gasteiger partial charge in [0, 0.05) is 10.2 Å². The first-order valence-corrected chi connectivity index (χ1v) is 7.80. The molecular formula is C13H16Br2O. The van der Waals surface area contributed by atoms with E-state index >= 15 is 0 Å². The van der Waals surface area contributed by atoms with Gasteiger partial charge in [0.05, 0.1) is 6.10 Å². The predicted molar refractivity (Wildman–Crippen MR) is 74.8 cm³/mol. The summed E-state index contributed by atoms with van der Waals surface area (Å²) in [7, 11) is 0. The molecule has 0 spiro atoms. The minimum absolute atomic E-state index is 0.382. The first kappa shape index (κ1) is 12.4. The van der Waals surface area contributed by atoms with E-state index in [-0.39, 0.29) is 0 Å². The first-order valence-electron chi connectivity index (χ1n) is 5.76. The lowest BCUT2D eigenvalue weighted by Gasteiger charge is -2.14. The fourth-order valence-electron chi connectivity index (χ4n) is 2.04. The number of hydrogen-bond donors (Lipinski definition) is 0. The fraction of sp³-hybridized carbons (Fsp3) is 0.538. The molecule has 0 aliphatic heterocycles. The minimum atomic E-state index is 0.382. The monoisotopic (exact) mass is 346 g/mol. The molecule has 1 unspecified atom stereocenters.